The van der Waals surface area contributed by atoms with E-state index in [0.717, 1.165) is 65.7 Å². The second-order valence-corrected chi connectivity index (χ2v) is 10.2. The molecule has 0 aromatic carbocycles. The molecule has 0 amide bonds. The van der Waals surface area contributed by atoms with Gasteiger partial charge in [0.2, 0.25) is 0 Å². The average molecular weight is 548 g/mol. The van der Waals surface area contributed by atoms with Gasteiger partial charge in [-0.15, -0.1) is 5.10 Å². The van der Waals surface area contributed by atoms with Crippen LogP contribution in [0.25, 0.3) is 28.3 Å². The van der Waals surface area contributed by atoms with Gasteiger partial charge in [0.1, 0.15) is 5.69 Å². The molecule has 2 saturated heterocycles. The lowest BCUT2D eigenvalue weighted by atomic mass is 10.1. The second-order valence-electron chi connectivity index (χ2n) is 8.11. The summed E-state index contributed by atoms with van der Waals surface area (Å²) in [4.78, 5) is 7.30. The monoisotopic (exact) mass is 548 g/mol. The maximum absolute atomic E-state index is 6.06. The van der Waals surface area contributed by atoms with Gasteiger partial charge in [0.15, 0.2) is 11.6 Å². The molecular weight excluding hydrogens is 526 g/mol. The van der Waals surface area contributed by atoms with E-state index in [-0.39, 0.29) is 0 Å². The van der Waals surface area contributed by atoms with E-state index < -0.39 is 0 Å². The summed E-state index contributed by atoms with van der Waals surface area (Å²) in [6.45, 7) is 3.79. The van der Waals surface area contributed by atoms with E-state index in [1.54, 1.807) is 0 Å². The fourth-order valence-corrected chi connectivity index (χ4v) is 6.28. The number of nitrogens with zero attached hydrogens (tertiary/aromatic N) is 8. The van der Waals surface area contributed by atoms with Gasteiger partial charge in [0.05, 0.1) is 41.7 Å². The lowest BCUT2D eigenvalue weighted by Gasteiger charge is -2.33. The number of imidazole rings is 1. The molecule has 2 bridgehead atoms. The summed E-state index contributed by atoms with van der Waals surface area (Å²) in [7, 11) is 1.97. The summed E-state index contributed by atoms with van der Waals surface area (Å²) in [5.41, 5.74) is 5.05. The Morgan fingerprint density at radius 3 is 2.55 bits per heavy atom. The molecule has 0 spiro atoms. The molecule has 0 aliphatic carbocycles. The van der Waals surface area contributed by atoms with Gasteiger partial charge in [0, 0.05) is 31.9 Å². The quantitative estimate of drug-likeness (QED) is 0.287. The van der Waals surface area contributed by atoms with Gasteiger partial charge >= 0.3 is 0 Å². The summed E-state index contributed by atoms with van der Waals surface area (Å²) in [6.07, 6.45) is 6.99. The zero-order chi connectivity index (χ0) is 21.1. The van der Waals surface area contributed by atoms with Gasteiger partial charge in [-0.1, -0.05) is 0 Å². The third-order valence-electron chi connectivity index (χ3n) is 6.18. The average Bonchev–Trinajstić information content (AvgIpc) is 3.55. The second kappa shape index (κ2) is 7.53. The van der Waals surface area contributed by atoms with Gasteiger partial charge in [-0.25, -0.2) is 14.0 Å². The van der Waals surface area contributed by atoms with Crippen LogP contribution in [0.4, 0.5) is 5.82 Å². The number of aryl methyl sites for hydroxylation is 2. The van der Waals surface area contributed by atoms with Gasteiger partial charge in [0.25, 0.3) is 0 Å². The number of ether oxygens (including phenoxy) is 1. The Labute approximate surface area is 194 Å². The molecule has 0 N–H and O–H groups in total. The number of fused-ring (bicyclic) bond motifs is 3. The first-order chi connectivity index (χ1) is 15.1. The normalized spacial score (nSPS) is 21.2. The molecule has 6 heterocycles. The van der Waals surface area contributed by atoms with Crippen LogP contribution >= 0.6 is 28.4 Å². The van der Waals surface area contributed by atoms with Crippen LogP contribution in [0.5, 0.6) is 0 Å². The molecule has 2 fully saturated rings. The number of rotatable bonds is 4. The SMILES string of the molecule is Cc1nc(-c2ccnn2PI)n2nc(N3CC4CCC(C3)O4)cc(-c3ccnn3C)c12. The van der Waals surface area contributed by atoms with Gasteiger partial charge in [-0.05, 0) is 60.0 Å². The first kappa shape index (κ1) is 19.6. The van der Waals surface area contributed by atoms with Crippen molar-refractivity contribution in [2.75, 3.05) is 18.0 Å². The maximum Gasteiger partial charge on any atom is 0.180 e. The van der Waals surface area contributed by atoms with Crippen LogP contribution in [0.15, 0.2) is 30.6 Å². The summed E-state index contributed by atoms with van der Waals surface area (Å²) in [5, 5.41) is 14.0. The van der Waals surface area contributed by atoms with Crippen molar-refractivity contribution in [1.29, 1.82) is 0 Å². The lowest BCUT2D eigenvalue weighted by Crippen LogP contribution is -2.43. The minimum Gasteiger partial charge on any atom is -0.371 e. The minimum atomic E-state index is 0.294. The number of hydrogen-bond donors (Lipinski definition) is 0. The van der Waals surface area contributed by atoms with Crippen molar-refractivity contribution in [3.05, 3.63) is 36.3 Å². The summed E-state index contributed by atoms with van der Waals surface area (Å²) in [6, 6.07) is 6.24. The number of anilines is 1. The molecule has 0 radical (unpaired) electrons. The molecule has 9 nitrogen and oxygen atoms in total. The van der Waals surface area contributed by atoms with Crippen molar-refractivity contribution in [2.45, 2.75) is 32.0 Å². The molecule has 4 aromatic heterocycles. The van der Waals surface area contributed by atoms with Crippen LogP contribution < -0.4 is 4.90 Å². The van der Waals surface area contributed by atoms with Crippen LogP contribution in [0, 0.1) is 6.92 Å². The summed E-state index contributed by atoms with van der Waals surface area (Å²) < 4.78 is 11.9. The van der Waals surface area contributed by atoms with Crippen LogP contribution in [-0.2, 0) is 11.8 Å². The molecule has 31 heavy (non-hydrogen) atoms. The highest BCUT2D eigenvalue weighted by Gasteiger charge is 2.35. The topological polar surface area (TPSA) is 78.3 Å². The number of hydrogen-bond acceptors (Lipinski definition) is 6. The molecule has 0 saturated carbocycles. The largest absolute Gasteiger partial charge is 0.371 e. The first-order valence-corrected chi connectivity index (χ1v) is 14.4. The van der Waals surface area contributed by atoms with E-state index in [0.29, 0.717) is 18.6 Å². The van der Waals surface area contributed by atoms with E-state index in [4.69, 9.17) is 14.8 Å². The lowest BCUT2D eigenvalue weighted by molar-refractivity contribution is 0.0301. The van der Waals surface area contributed by atoms with E-state index >= 15 is 0 Å². The predicted octanol–water partition coefficient (Wildman–Crippen LogP) is 3.46. The molecular formula is C20H22IN8OP. The highest BCUT2D eigenvalue weighted by Crippen LogP contribution is 2.36. The maximum atomic E-state index is 6.06. The highest BCUT2D eigenvalue weighted by molar-refractivity contribution is 14.2. The molecule has 6 rings (SSSR count). The Balaban J connectivity index is 1.60. The first-order valence-electron chi connectivity index (χ1n) is 10.3. The number of halogens is 1. The van der Waals surface area contributed by atoms with E-state index in [1.165, 1.54) is 0 Å². The van der Waals surface area contributed by atoms with E-state index in [1.807, 2.05) is 52.1 Å². The smallest absolute Gasteiger partial charge is 0.180 e. The molecule has 160 valence electrons. The Hall–Kier alpha value is -2.04. The van der Waals surface area contributed by atoms with Crippen molar-refractivity contribution >= 4 is 39.7 Å². The fourth-order valence-electron chi connectivity index (χ4n) is 4.75. The van der Waals surface area contributed by atoms with Crippen molar-refractivity contribution in [3.8, 4) is 22.8 Å². The molecule has 3 unspecified atom stereocenters. The highest BCUT2D eigenvalue weighted by atomic mass is 127. The van der Waals surface area contributed by atoms with Crippen LogP contribution in [-0.4, -0.2) is 59.2 Å². The number of morpholine rings is 1. The van der Waals surface area contributed by atoms with Crippen LogP contribution in [0.2, 0.25) is 0 Å². The molecule has 11 heteroatoms. The van der Waals surface area contributed by atoms with Crippen molar-refractivity contribution in [1.82, 2.24) is 33.9 Å². The molecule has 3 atom stereocenters. The standard InChI is InChI=1S/C20H22IN8OP/c1-12-19-15(16-5-7-22-26(16)2)9-18(27-10-13-3-4-14(11-27)30-13)25-28(19)20(24-12)17-6-8-23-29(17)31-21/h5-9,13-14,31H,3-4,10-11H2,1-2H3. The van der Waals surface area contributed by atoms with Crippen LogP contribution in [0.1, 0.15) is 18.5 Å². The zero-order valence-electron chi connectivity index (χ0n) is 17.2. The molecule has 4 aromatic rings. The van der Waals surface area contributed by atoms with Gasteiger partial charge in [-0.2, -0.15) is 10.2 Å². The molecule has 2 aliphatic heterocycles. The Morgan fingerprint density at radius 1 is 1.10 bits per heavy atom. The third-order valence-corrected chi connectivity index (χ3v) is 8.06. The third kappa shape index (κ3) is 3.18. The predicted molar refractivity (Wildman–Crippen MR) is 129 cm³/mol. The molecule has 2 aliphatic rings. The van der Waals surface area contributed by atoms with Crippen molar-refractivity contribution < 1.29 is 4.74 Å². The van der Waals surface area contributed by atoms with Gasteiger partial charge in [-0.3, -0.25) is 4.68 Å². The van der Waals surface area contributed by atoms with E-state index in [2.05, 4.69) is 43.2 Å². The Kier molecular flexibility index (Phi) is 4.77. The fraction of sp³-hybridized carbons (Fsp3) is 0.400. The number of aromatic nitrogens is 7. The van der Waals surface area contributed by atoms with Gasteiger partial charge < -0.3 is 9.64 Å². The van der Waals surface area contributed by atoms with E-state index in [9.17, 15) is 0 Å². The minimum absolute atomic E-state index is 0.294. The Morgan fingerprint density at radius 2 is 1.84 bits per heavy atom. The van der Waals surface area contributed by atoms with Crippen molar-refractivity contribution in [2.24, 2.45) is 7.05 Å². The van der Waals surface area contributed by atoms with Crippen molar-refractivity contribution in [3.63, 3.8) is 0 Å². The summed E-state index contributed by atoms with van der Waals surface area (Å²) in [5.74, 6) is 1.77. The Bertz CT molecular complexity index is 1270. The van der Waals surface area contributed by atoms with Crippen LogP contribution in [0.3, 0.4) is 0 Å². The summed E-state index contributed by atoms with van der Waals surface area (Å²) >= 11 is 2.34. The zero-order valence-corrected chi connectivity index (χ0v) is 20.4.